The molecule has 0 amide bonds. The van der Waals surface area contributed by atoms with Crippen LogP contribution in [0.25, 0.3) is 0 Å². The highest BCUT2D eigenvalue weighted by atomic mass is 32.2. The summed E-state index contributed by atoms with van der Waals surface area (Å²) in [4.78, 5) is 16.9. The molecule has 0 aromatic heterocycles. The molecule has 3 unspecified atom stereocenters. The van der Waals surface area contributed by atoms with Crippen LogP contribution < -0.4 is 0 Å². The number of likely N-dealkylation sites (tertiary alicyclic amines) is 1. The number of piperidine rings is 1. The van der Waals surface area contributed by atoms with Crippen LogP contribution in [-0.2, 0) is 40.3 Å². The molecule has 12 atom stereocenters. The summed E-state index contributed by atoms with van der Waals surface area (Å²) in [5.74, 6) is -1.93. The molecule has 6 fully saturated rings. The number of sulfone groups is 1. The zero-order valence-electron chi connectivity index (χ0n) is 29.7. The molecule has 5 saturated carbocycles. The first-order valence-electron chi connectivity index (χ1n) is 18.2. The number of esters is 1. The maximum absolute atomic E-state index is 14.5. The predicted octanol–water partition coefficient (Wildman–Crippen LogP) is 3.69. The van der Waals surface area contributed by atoms with E-state index in [0.717, 1.165) is 5.56 Å². The van der Waals surface area contributed by atoms with Gasteiger partial charge in [-0.05, 0) is 56.3 Å². The molecule has 2 N–H and O–H groups in total. The van der Waals surface area contributed by atoms with Crippen molar-refractivity contribution >= 4 is 15.8 Å². The minimum Gasteiger partial charge on any atom is -0.454 e. The fourth-order valence-corrected chi connectivity index (χ4v) is 14.2. The molecule has 5 aliphatic carbocycles. The molecule has 2 aromatic rings. The van der Waals surface area contributed by atoms with Crippen molar-refractivity contribution in [1.82, 2.24) is 4.90 Å². The first-order valence-corrected chi connectivity index (χ1v) is 20.0. The molecule has 1 spiro atoms. The summed E-state index contributed by atoms with van der Waals surface area (Å²) in [7, 11) is 1.42. The quantitative estimate of drug-likeness (QED) is 0.353. The average molecular weight is 710 g/mol. The number of carbonyl (C=O) groups is 1. The number of methoxy groups -OCH3 is 3. The number of benzene rings is 2. The second kappa shape index (κ2) is 11.8. The number of carbonyl (C=O) groups excluding carboxylic acids is 1. The van der Waals surface area contributed by atoms with E-state index in [1.165, 1.54) is 0 Å². The van der Waals surface area contributed by atoms with Crippen LogP contribution in [0, 0.1) is 36.0 Å². The van der Waals surface area contributed by atoms with Crippen LogP contribution in [0.5, 0.6) is 0 Å². The van der Waals surface area contributed by atoms with E-state index in [9.17, 15) is 23.4 Å². The summed E-state index contributed by atoms with van der Waals surface area (Å²) >= 11 is 0. The van der Waals surface area contributed by atoms with Crippen molar-refractivity contribution in [2.75, 3.05) is 34.4 Å². The lowest BCUT2D eigenvalue weighted by Crippen LogP contribution is -2.83. The fraction of sp³-hybridized carbons (Fsp3) is 0.667. The van der Waals surface area contributed by atoms with Gasteiger partial charge in [0.2, 0.25) is 0 Å². The second-order valence-electron chi connectivity index (χ2n) is 16.1. The lowest BCUT2D eigenvalue weighted by Gasteiger charge is -2.70. The number of nitrogens with zero attached hydrogens (tertiary/aromatic N) is 1. The van der Waals surface area contributed by atoms with Crippen molar-refractivity contribution in [3.63, 3.8) is 0 Å². The van der Waals surface area contributed by atoms with Gasteiger partial charge in [-0.2, -0.15) is 0 Å². The van der Waals surface area contributed by atoms with Crippen LogP contribution in [0.1, 0.15) is 66.1 Å². The third-order valence-electron chi connectivity index (χ3n) is 14.3. The van der Waals surface area contributed by atoms with Crippen molar-refractivity contribution in [1.29, 1.82) is 0 Å². The lowest BCUT2D eigenvalue weighted by atomic mass is 9.44. The number of likely N-dealkylation sites (N-methyl/N-ethyl adjacent to an activating group) is 1. The molecule has 7 bridgehead atoms. The Labute approximate surface area is 295 Å². The number of aliphatic hydroxyl groups is 2. The Morgan fingerprint density at radius 2 is 1.70 bits per heavy atom. The molecule has 1 aliphatic heterocycles. The third kappa shape index (κ3) is 4.47. The van der Waals surface area contributed by atoms with Crippen molar-refractivity contribution in [3.05, 3.63) is 70.8 Å². The van der Waals surface area contributed by atoms with E-state index >= 15 is 0 Å². The summed E-state index contributed by atoms with van der Waals surface area (Å²) in [6, 6.07) is 14.2. The largest absolute Gasteiger partial charge is 0.454 e. The van der Waals surface area contributed by atoms with Gasteiger partial charge in [0.1, 0.15) is 16.8 Å². The Kier molecular flexibility index (Phi) is 8.20. The van der Waals surface area contributed by atoms with E-state index in [1.54, 1.807) is 45.6 Å². The van der Waals surface area contributed by atoms with Crippen LogP contribution >= 0.6 is 0 Å². The maximum atomic E-state index is 14.5. The monoisotopic (exact) mass is 709 g/mol. The van der Waals surface area contributed by atoms with Crippen LogP contribution in [0.15, 0.2) is 48.5 Å². The van der Waals surface area contributed by atoms with Gasteiger partial charge in [-0.3, -0.25) is 4.90 Å². The summed E-state index contributed by atoms with van der Waals surface area (Å²) in [6.45, 7) is 5.23. The van der Waals surface area contributed by atoms with Crippen molar-refractivity contribution in [2.24, 2.45) is 29.1 Å². The van der Waals surface area contributed by atoms with Gasteiger partial charge in [-0.15, -0.1) is 0 Å². The number of aryl methyl sites for hydroxylation is 1. The van der Waals surface area contributed by atoms with E-state index < -0.39 is 44.1 Å². The highest BCUT2D eigenvalue weighted by Crippen LogP contribution is 2.79. The predicted molar refractivity (Wildman–Crippen MR) is 185 cm³/mol. The molecule has 2 aromatic carbocycles. The second-order valence-corrected chi connectivity index (χ2v) is 18.2. The minimum absolute atomic E-state index is 0.0871. The molecule has 272 valence electrons. The molecule has 6 aliphatic rings. The zero-order valence-corrected chi connectivity index (χ0v) is 30.5. The van der Waals surface area contributed by atoms with Crippen molar-refractivity contribution < 1.29 is 42.4 Å². The molecule has 50 heavy (non-hydrogen) atoms. The van der Waals surface area contributed by atoms with Gasteiger partial charge in [-0.25, -0.2) is 13.2 Å². The van der Waals surface area contributed by atoms with Gasteiger partial charge in [0, 0.05) is 69.4 Å². The van der Waals surface area contributed by atoms with Gasteiger partial charge in [0.15, 0.2) is 9.84 Å². The van der Waals surface area contributed by atoms with E-state index in [1.807, 2.05) is 31.2 Å². The fourth-order valence-electron chi connectivity index (χ4n) is 12.7. The van der Waals surface area contributed by atoms with Gasteiger partial charge < -0.3 is 29.2 Å². The summed E-state index contributed by atoms with van der Waals surface area (Å²) in [6.07, 6.45) is 1.61. The Bertz CT molecular complexity index is 1770. The number of fused-ring (bicyclic) bond motifs is 2. The van der Waals surface area contributed by atoms with Crippen LogP contribution in [-0.4, -0.2) is 105 Å². The number of hydrogen-bond acceptors (Lipinski definition) is 10. The van der Waals surface area contributed by atoms with E-state index in [-0.39, 0.29) is 59.0 Å². The minimum atomic E-state index is -3.61. The molecule has 1 saturated heterocycles. The van der Waals surface area contributed by atoms with Crippen LogP contribution in [0.4, 0.5) is 0 Å². The van der Waals surface area contributed by atoms with Crippen LogP contribution in [0.2, 0.25) is 0 Å². The summed E-state index contributed by atoms with van der Waals surface area (Å²) < 4.78 is 52.2. The molecule has 0 radical (unpaired) electrons. The first-order chi connectivity index (χ1) is 23.8. The molecule has 10 nitrogen and oxygen atoms in total. The number of rotatable bonds is 10. The van der Waals surface area contributed by atoms with E-state index in [2.05, 4.69) is 11.8 Å². The Hall–Kier alpha value is -2.38. The molecular formula is C39H51NO9S. The first kappa shape index (κ1) is 34.7. The smallest absolute Gasteiger partial charge is 0.339 e. The van der Waals surface area contributed by atoms with Gasteiger partial charge >= 0.3 is 5.97 Å². The summed E-state index contributed by atoms with van der Waals surface area (Å²) in [5, 5.41) is 25.9. The van der Waals surface area contributed by atoms with Crippen LogP contribution in [0.3, 0.4) is 0 Å². The molecular weight excluding hydrogens is 658 g/mol. The Morgan fingerprint density at radius 1 is 0.960 bits per heavy atom. The zero-order chi connectivity index (χ0) is 35.4. The SMILES string of the molecule is CCN1C[C@]2(OC(=O)c3ccccc3CS(=O)(=O)Cc3ccc(C)cc3)CC[C@H](OC)[C@@]34C2CC([C@@H]13)[C@@]1(O)C[C@H](OC)[C@H]2CC4[C@]1(O)[C@H]2OC. The lowest BCUT2D eigenvalue weighted by molar-refractivity contribution is -0.337. The Morgan fingerprint density at radius 3 is 2.38 bits per heavy atom. The number of hydrogen-bond donors (Lipinski definition) is 2. The van der Waals surface area contributed by atoms with Crippen molar-refractivity contribution in [2.45, 2.75) is 98.6 Å². The highest BCUT2D eigenvalue weighted by molar-refractivity contribution is 7.89. The highest BCUT2D eigenvalue weighted by Gasteiger charge is 2.89. The standard InChI is InChI=1S/C39H51NO9S/c1-6-40-22-36(49-35(41)26-10-8-7-9-25(26)21-50(44,45)20-24-13-11-23(2)12-14-24)16-15-32(47-4)38-30(36)18-28(33(38)40)37(42)19-29(46-3)27-17-31(38)39(37,43)34(27)48-5/h7-14,27-34,42-43H,6,15-22H2,1-5H3/t27-,28?,29+,30?,31?,32+,33-,34+,36-,37+,38+,39+/m1/s1. The number of ether oxygens (including phenoxy) is 4. The van der Waals surface area contributed by atoms with Gasteiger partial charge in [0.05, 0.1) is 35.4 Å². The third-order valence-corrected chi connectivity index (χ3v) is 15.8. The maximum Gasteiger partial charge on any atom is 0.339 e. The van der Waals surface area contributed by atoms with Gasteiger partial charge in [-0.1, -0.05) is 55.0 Å². The Balaban J connectivity index is 1.18. The van der Waals surface area contributed by atoms with E-state index in [4.69, 9.17) is 18.9 Å². The molecule has 11 heteroatoms. The topological polar surface area (TPSA) is 132 Å². The summed E-state index contributed by atoms with van der Waals surface area (Å²) in [5.41, 5.74) is -2.10. The molecule has 1 heterocycles. The average Bonchev–Trinajstić information content (AvgIpc) is 3.52. The normalized spacial score (nSPS) is 42.8. The molecule has 8 rings (SSSR count). The van der Waals surface area contributed by atoms with E-state index in [0.29, 0.717) is 56.3 Å². The van der Waals surface area contributed by atoms with Gasteiger partial charge in [0.25, 0.3) is 0 Å². The van der Waals surface area contributed by atoms with Crippen molar-refractivity contribution in [3.8, 4) is 0 Å².